The van der Waals surface area contributed by atoms with Crippen LogP contribution >= 0.6 is 0 Å². The van der Waals surface area contributed by atoms with Gasteiger partial charge in [-0.1, -0.05) is 52.0 Å². The molecule has 0 aliphatic heterocycles. The zero-order valence-electron chi connectivity index (χ0n) is 13.8. The van der Waals surface area contributed by atoms with Gasteiger partial charge in [0.1, 0.15) is 0 Å². The van der Waals surface area contributed by atoms with Crippen LogP contribution in [0, 0.1) is 5.92 Å². The molecule has 0 radical (unpaired) electrons. The van der Waals surface area contributed by atoms with Crippen molar-refractivity contribution >= 4 is 0 Å². The molecule has 0 amide bonds. The lowest BCUT2D eigenvalue weighted by molar-refractivity contribution is 0.101. The molecule has 114 valence electrons. The Morgan fingerprint density at radius 1 is 1.05 bits per heavy atom. The SMILES string of the molecule is CCC(CC)N(C)CC(O)c1ccc(CC(C)C)cc1. The first-order valence-electron chi connectivity index (χ1n) is 7.95. The number of aliphatic hydroxyl groups is 1. The Labute approximate surface area is 124 Å². The van der Waals surface area contributed by atoms with E-state index in [1.807, 2.05) is 0 Å². The van der Waals surface area contributed by atoms with Crippen molar-refractivity contribution < 1.29 is 5.11 Å². The van der Waals surface area contributed by atoms with Crippen molar-refractivity contribution in [3.63, 3.8) is 0 Å². The summed E-state index contributed by atoms with van der Waals surface area (Å²) < 4.78 is 0. The predicted molar refractivity (Wildman–Crippen MR) is 86.9 cm³/mol. The highest BCUT2D eigenvalue weighted by molar-refractivity contribution is 5.24. The lowest BCUT2D eigenvalue weighted by Gasteiger charge is -2.28. The quantitative estimate of drug-likeness (QED) is 0.775. The van der Waals surface area contributed by atoms with Crippen LogP contribution in [-0.4, -0.2) is 29.6 Å². The number of nitrogens with zero attached hydrogens (tertiary/aromatic N) is 1. The van der Waals surface area contributed by atoms with Crippen LogP contribution in [0.4, 0.5) is 0 Å². The minimum Gasteiger partial charge on any atom is -0.387 e. The van der Waals surface area contributed by atoms with Gasteiger partial charge in [0.15, 0.2) is 0 Å². The Kier molecular flexibility index (Phi) is 7.25. The average Bonchev–Trinajstić information content (AvgIpc) is 2.40. The molecule has 2 nitrogen and oxygen atoms in total. The van der Waals surface area contributed by atoms with E-state index in [1.54, 1.807) is 0 Å². The van der Waals surface area contributed by atoms with Gasteiger partial charge in [-0.25, -0.2) is 0 Å². The summed E-state index contributed by atoms with van der Waals surface area (Å²) in [6.45, 7) is 9.58. The Bertz CT molecular complexity index is 368. The highest BCUT2D eigenvalue weighted by Gasteiger charge is 2.15. The Balaban J connectivity index is 2.61. The Hall–Kier alpha value is -0.860. The number of rotatable bonds is 8. The summed E-state index contributed by atoms with van der Waals surface area (Å²) in [4.78, 5) is 2.27. The van der Waals surface area contributed by atoms with Gasteiger partial charge >= 0.3 is 0 Å². The van der Waals surface area contributed by atoms with Crippen molar-refractivity contribution in [1.82, 2.24) is 4.90 Å². The molecular weight excluding hydrogens is 246 g/mol. The highest BCUT2D eigenvalue weighted by Crippen LogP contribution is 2.18. The van der Waals surface area contributed by atoms with Crippen molar-refractivity contribution in [2.24, 2.45) is 5.92 Å². The molecule has 0 bridgehead atoms. The topological polar surface area (TPSA) is 23.5 Å². The number of likely N-dealkylation sites (N-methyl/N-ethyl adjacent to an activating group) is 1. The molecule has 0 aliphatic rings. The van der Waals surface area contributed by atoms with Gasteiger partial charge in [-0.05, 0) is 43.4 Å². The minimum absolute atomic E-state index is 0.395. The van der Waals surface area contributed by atoms with Gasteiger partial charge in [0.05, 0.1) is 6.10 Å². The van der Waals surface area contributed by atoms with Crippen molar-refractivity contribution in [2.45, 2.75) is 59.1 Å². The molecule has 1 aromatic carbocycles. The monoisotopic (exact) mass is 277 g/mol. The zero-order chi connectivity index (χ0) is 15.1. The van der Waals surface area contributed by atoms with Crippen LogP contribution in [0.3, 0.4) is 0 Å². The third-order valence-corrected chi connectivity index (χ3v) is 4.04. The van der Waals surface area contributed by atoms with E-state index in [0.717, 1.165) is 24.8 Å². The second kappa shape index (κ2) is 8.43. The molecule has 0 aromatic heterocycles. The van der Waals surface area contributed by atoms with E-state index in [1.165, 1.54) is 5.56 Å². The Morgan fingerprint density at radius 2 is 1.60 bits per heavy atom. The first-order chi connectivity index (χ1) is 9.47. The lowest BCUT2D eigenvalue weighted by Crippen LogP contribution is -2.34. The molecule has 1 rings (SSSR count). The van der Waals surface area contributed by atoms with E-state index in [4.69, 9.17) is 0 Å². The molecule has 2 heteroatoms. The van der Waals surface area contributed by atoms with Crippen LogP contribution in [0.25, 0.3) is 0 Å². The van der Waals surface area contributed by atoms with Crippen molar-refractivity contribution in [1.29, 1.82) is 0 Å². The van der Waals surface area contributed by atoms with Gasteiger partial charge < -0.3 is 10.0 Å². The summed E-state index contributed by atoms with van der Waals surface area (Å²) in [5, 5.41) is 10.4. The third kappa shape index (κ3) is 5.26. The molecule has 0 saturated heterocycles. The number of aliphatic hydroxyl groups excluding tert-OH is 1. The lowest BCUT2D eigenvalue weighted by atomic mass is 10.00. The maximum atomic E-state index is 10.4. The summed E-state index contributed by atoms with van der Waals surface area (Å²) in [5.74, 6) is 0.673. The second-order valence-corrected chi connectivity index (χ2v) is 6.27. The molecule has 0 fully saturated rings. The molecule has 0 spiro atoms. The molecule has 0 saturated carbocycles. The fraction of sp³-hybridized carbons (Fsp3) is 0.667. The second-order valence-electron chi connectivity index (χ2n) is 6.27. The third-order valence-electron chi connectivity index (χ3n) is 4.04. The fourth-order valence-corrected chi connectivity index (χ4v) is 2.79. The largest absolute Gasteiger partial charge is 0.387 e. The van der Waals surface area contributed by atoms with E-state index in [0.29, 0.717) is 18.5 Å². The van der Waals surface area contributed by atoms with E-state index in [9.17, 15) is 5.11 Å². The van der Waals surface area contributed by atoms with Gasteiger partial charge in [0.25, 0.3) is 0 Å². The molecule has 1 atom stereocenters. The number of benzene rings is 1. The van der Waals surface area contributed by atoms with Crippen LogP contribution < -0.4 is 0 Å². The van der Waals surface area contributed by atoms with Crippen LogP contribution in [0.15, 0.2) is 24.3 Å². The van der Waals surface area contributed by atoms with E-state index < -0.39 is 6.10 Å². The zero-order valence-corrected chi connectivity index (χ0v) is 13.8. The molecule has 1 N–H and O–H groups in total. The fourth-order valence-electron chi connectivity index (χ4n) is 2.79. The number of hydrogen-bond donors (Lipinski definition) is 1. The summed E-state index contributed by atoms with van der Waals surface area (Å²) in [7, 11) is 2.11. The summed E-state index contributed by atoms with van der Waals surface area (Å²) in [5.41, 5.74) is 2.37. The smallest absolute Gasteiger partial charge is 0.0916 e. The van der Waals surface area contributed by atoms with Crippen LogP contribution in [-0.2, 0) is 6.42 Å². The maximum absolute atomic E-state index is 10.4. The first kappa shape index (κ1) is 17.2. The standard InChI is InChI=1S/C18H31NO/c1-6-17(7-2)19(5)13-18(20)16-10-8-15(9-11-16)12-14(3)4/h8-11,14,17-18,20H,6-7,12-13H2,1-5H3. The number of hydrogen-bond acceptors (Lipinski definition) is 2. The summed E-state index contributed by atoms with van der Waals surface area (Å²) >= 11 is 0. The molecule has 0 aliphatic carbocycles. The molecule has 20 heavy (non-hydrogen) atoms. The molecular formula is C18H31NO. The van der Waals surface area contributed by atoms with Crippen molar-refractivity contribution in [2.75, 3.05) is 13.6 Å². The predicted octanol–water partition coefficient (Wildman–Crippen LogP) is 4.04. The van der Waals surface area contributed by atoms with Crippen LogP contribution in [0.1, 0.15) is 57.8 Å². The van der Waals surface area contributed by atoms with Crippen LogP contribution in [0.2, 0.25) is 0 Å². The molecule has 1 aromatic rings. The minimum atomic E-state index is -0.395. The van der Waals surface area contributed by atoms with Gasteiger partial charge in [0, 0.05) is 12.6 Å². The summed E-state index contributed by atoms with van der Waals surface area (Å²) in [6.07, 6.45) is 2.97. The normalized spacial score (nSPS) is 13.4. The highest BCUT2D eigenvalue weighted by atomic mass is 16.3. The van der Waals surface area contributed by atoms with E-state index >= 15 is 0 Å². The van der Waals surface area contributed by atoms with E-state index in [2.05, 4.69) is 63.9 Å². The van der Waals surface area contributed by atoms with Crippen molar-refractivity contribution in [3.8, 4) is 0 Å². The average molecular weight is 277 g/mol. The van der Waals surface area contributed by atoms with Gasteiger partial charge in [-0.2, -0.15) is 0 Å². The van der Waals surface area contributed by atoms with Gasteiger partial charge in [0.2, 0.25) is 0 Å². The van der Waals surface area contributed by atoms with Gasteiger partial charge in [-0.3, -0.25) is 0 Å². The van der Waals surface area contributed by atoms with Gasteiger partial charge in [-0.15, -0.1) is 0 Å². The summed E-state index contributed by atoms with van der Waals surface area (Å²) in [6, 6.07) is 9.00. The Morgan fingerprint density at radius 3 is 2.05 bits per heavy atom. The maximum Gasteiger partial charge on any atom is 0.0916 e. The van der Waals surface area contributed by atoms with Crippen LogP contribution in [0.5, 0.6) is 0 Å². The molecule has 1 unspecified atom stereocenters. The van der Waals surface area contributed by atoms with Crippen molar-refractivity contribution in [3.05, 3.63) is 35.4 Å². The first-order valence-corrected chi connectivity index (χ1v) is 7.95. The van der Waals surface area contributed by atoms with E-state index in [-0.39, 0.29) is 0 Å². The molecule has 0 heterocycles.